The third kappa shape index (κ3) is 1.98. The number of fused-ring (bicyclic) bond motifs is 1. The molecule has 1 aromatic carbocycles. The first-order valence-corrected chi connectivity index (χ1v) is 6.81. The molecule has 1 heterocycles. The molecular weight excluding hydrogens is 256 g/mol. The van der Waals surface area contributed by atoms with Crippen molar-refractivity contribution < 1.29 is 9.90 Å². The second-order valence-electron chi connectivity index (χ2n) is 3.77. The Hall–Kier alpha value is -1.27. The van der Waals surface area contributed by atoms with Gasteiger partial charge < -0.3 is 15.7 Å². The van der Waals surface area contributed by atoms with Gasteiger partial charge in [-0.3, -0.25) is 0 Å². The summed E-state index contributed by atoms with van der Waals surface area (Å²) in [4.78, 5) is 11.8. The van der Waals surface area contributed by atoms with Gasteiger partial charge in [0, 0.05) is 5.75 Å². The monoisotopic (exact) mass is 268 g/mol. The number of rotatable bonds is 3. The lowest BCUT2D eigenvalue weighted by molar-refractivity contribution is -0.139. The summed E-state index contributed by atoms with van der Waals surface area (Å²) in [6.07, 6.45) is 1.86. The van der Waals surface area contributed by atoms with E-state index in [0.29, 0.717) is 10.7 Å². The second-order valence-corrected chi connectivity index (χ2v) is 5.04. The average molecular weight is 268 g/mol. The molecule has 0 saturated carbocycles. The summed E-state index contributed by atoms with van der Waals surface area (Å²) in [6, 6.07) is 7.42. The first-order chi connectivity index (χ1) is 8.10. The smallest absolute Gasteiger partial charge is 0.337 e. The highest BCUT2D eigenvalue weighted by atomic mass is 32.2. The molecule has 0 radical (unpaired) electrons. The Labute approximate surface area is 109 Å². The van der Waals surface area contributed by atoms with Gasteiger partial charge in [0.25, 0.3) is 0 Å². The van der Waals surface area contributed by atoms with Gasteiger partial charge in [0.05, 0.1) is 11.4 Å². The predicted molar refractivity (Wildman–Crippen MR) is 75.0 cm³/mol. The summed E-state index contributed by atoms with van der Waals surface area (Å²) in [5, 5.41) is 15.4. The Morgan fingerprint density at radius 2 is 2.12 bits per heavy atom. The minimum Gasteiger partial charge on any atom is -0.479 e. The number of thioether (sulfide) groups is 1. The van der Waals surface area contributed by atoms with Crippen LogP contribution in [0.15, 0.2) is 24.3 Å². The van der Waals surface area contributed by atoms with Gasteiger partial charge >= 0.3 is 5.97 Å². The number of carboxylic acids is 1. The summed E-state index contributed by atoms with van der Waals surface area (Å²) in [7, 11) is 0. The minimum absolute atomic E-state index is 0.304. The molecular formula is C11H12N2O2S2. The topological polar surface area (TPSA) is 61.4 Å². The van der Waals surface area contributed by atoms with Crippen molar-refractivity contribution in [3.63, 3.8) is 0 Å². The molecule has 0 bridgehead atoms. The molecule has 0 aromatic heterocycles. The van der Waals surface area contributed by atoms with E-state index in [1.165, 1.54) is 11.8 Å². The summed E-state index contributed by atoms with van der Waals surface area (Å²) in [6.45, 7) is 0. The molecule has 0 fully saturated rings. The molecule has 1 aromatic rings. The van der Waals surface area contributed by atoms with Crippen LogP contribution in [0.5, 0.6) is 0 Å². The summed E-state index contributed by atoms with van der Waals surface area (Å²) < 4.78 is 0. The van der Waals surface area contributed by atoms with Gasteiger partial charge in [0.15, 0.2) is 5.54 Å². The second kappa shape index (κ2) is 4.54. The lowest BCUT2D eigenvalue weighted by atomic mass is 9.98. The zero-order chi connectivity index (χ0) is 12.5. The van der Waals surface area contributed by atoms with E-state index in [-0.39, 0.29) is 0 Å². The highest BCUT2D eigenvalue weighted by molar-refractivity contribution is 7.98. The van der Waals surface area contributed by atoms with Crippen molar-refractivity contribution >= 4 is 46.3 Å². The predicted octanol–water partition coefficient (Wildman–Crippen LogP) is 2.04. The van der Waals surface area contributed by atoms with E-state index in [9.17, 15) is 9.90 Å². The number of benzene rings is 1. The molecule has 90 valence electrons. The van der Waals surface area contributed by atoms with Crippen LogP contribution < -0.4 is 10.6 Å². The highest BCUT2D eigenvalue weighted by Crippen LogP contribution is 2.32. The standard InChI is InChI=1S/C11H12N2O2S2/c1-17-6-11(10(14)15)9(16)12-7-4-2-3-5-8(7)13-11/h2-5,13H,6H2,1H3,(H,12,16)(H,14,15). The maximum absolute atomic E-state index is 11.5. The quantitative estimate of drug-likeness (QED) is 0.729. The van der Waals surface area contributed by atoms with E-state index in [0.717, 1.165) is 11.4 Å². The molecule has 4 nitrogen and oxygen atoms in total. The number of nitrogens with one attached hydrogen (secondary N) is 2. The summed E-state index contributed by atoms with van der Waals surface area (Å²) in [5.41, 5.74) is 0.358. The molecule has 1 aliphatic rings. The maximum Gasteiger partial charge on any atom is 0.337 e. The van der Waals surface area contributed by atoms with Crippen LogP contribution in [-0.2, 0) is 4.79 Å². The number of para-hydroxylation sites is 2. The van der Waals surface area contributed by atoms with E-state index in [2.05, 4.69) is 10.6 Å². The van der Waals surface area contributed by atoms with E-state index in [4.69, 9.17) is 12.2 Å². The highest BCUT2D eigenvalue weighted by Gasteiger charge is 2.45. The van der Waals surface area contributed by atoms with E-state index < -0.39 is 11.5 Å². The fourth-order valence-corrected chi connectivity index (χ4v) is 2.93. The Kier molecular flexibility index (Phi) is 3.26. The normalized spacial score (nSPS) is 22.3. The van der Waals surface area contributed by atoms with Crippen LogP contribution in [0.3, 0.4) is 0 Å². The zero-order valence-corrected chi connectivity index (χ0v) is 10.8. The van der Waals surface area contributed by atoms with E-state index >= 15 is 0 Å². The van der Waals surface area contributed by atoms with Gasteiger partial charge in [-0.25, -0.2) is 4.79 Å². The molecule has 0 saturated heterocycles. The first kappa shape index (κ1) is 12.2. The third-order valence-electron chi connectivity index (χ3n) is 2.64. The van der Waals surface area contributed by atoms with Crippen molar-refractivity contribution in [3.8, 4) is 0 Å². The lowest BCUT2D eigenvalue weighted by Gasteiger charge is -2.37. The minimum atomic E-state index is -1.22. The van der Waals surface area contributed by atoms with Crippen LogP contribution in [0.1, 0.15) is 0 Å². The number of hydrogen-bond acceptors (Lipinski definition) is 4. The van der Waals surface area contributed by atoms with Crippen molar-refractivity contribution in [1.82, 2.24) is 0 Å². The fraction of sp³-hybridized carbons (Fsp3) is 0.273. The lowest BCUT2D eigenvalue weighted by Crippen LogP contribution is -2.59. The summed E-state index contributed by atoms with van der Waals surface area (Å²) in [5.74, 6) is -0.582. The van der Waals surface area contributed by atoms with Crippen LogP contribution in [0.2, 0.25) is 0 Å². The average Bonchev–Trinajstić information content (AvgIpc) is 2.30. The molecule has 0 spiro atoms. The van der Waals surface area contributed by atoms with Crippen molar-refractivity contribution in [3.05, 3.63) is 24.3 Å². The number of anilines is 2. The number of carboxylic acid groups (broad SMARTS) is 1. The number of hydrogen-bond donors (Lipinski definition) is 3. The van der Waals surface area contributed by atoms with Crippen molar-refractivity contribution in [2.75, 3.05) is 22.6 Å². The number of aliphatic carboxylic acids is 1. The van der Waals surface area contributed by atoms with Crippen LogP contribution in [0, 0.1) is 0 Å². The van der Waals surface area contributed by atoms with Crippen LogP contribution in [-0.4, -0.2) is 33.6 Å². The molecule has 3 N–H and O–H groups in total. The Balaban J connectivity index is 2.44. The molecule has 1 aliphatic heterocycles. The van der Waals surface area contributed by atoms with Gasteiger partial charge in [-0.15, -0.1) is 0 Å². The zero-order valence-electron chi connectivity index (χ0n) is 9.19. The van der Waals surface area contributed by atoms with Gasteiger partial charge in [0.2, 0.25) is 0 Å². The van der Waals surface area contributed by atoms with E-state index in [1.807, 2.05) is 30.5 Å². The van der Waals surface area contributed by atoms with Crippen molar-refractivity contribution in [1.29, 1.82) is 0 Å². The molecule has 17 heavy (non-hydrogen) atoms. The first-order valence-electron chi connectivity index (χ1n) is 5.01. The van der Waals surface area contributed by atoms with Gasteiger partial charge in [-0.2, -0.15) is 11.8 Å². The van der Waals surface area contributed by atoms with E-state index in [1.54, 1.807) is 0 Å². The molecule has 6 heteroatoms. The van der Waals surface area contributed by atoms with Crippen LogP contribution in [0.25, 0.3) is 0 Å². The molecule has 2 rings (SSSR count). The third-order valence-corrected chi connectivity index (χ3v) is 3.81. The Morgan fingerprint density at radius 1 is 1.47 bits per heavy atom. The van der Waals surface area contributed by atoms with Crippen LogP contribution in [0.4, 0.5) is 11.4 Å². The van der Waals surface area contributed by atoms with Gasteiger partial charge in [-0.05, 0) is 18.4 Å². The van der Waals surface area contributed by atoms with Crippen molar-refractivity contribution in [2.45, 2.75) is 5.54 Å². The molecule has 1 atom stereocenters. The largest absolute Gasteiger partial charge is 0.479 e. The van der Waals surface area contributed by atoms with Crippen LogP contribution >= 0.6 is 24.0 Å². The molecule has 0 aliphatic carbocycles. The fourth-order valence-electron chi connectivity index (χ4n) is 1.75. The van der Waals surface area contributed by atoms with Crippen molar-refractivity contribution in [2.24, 2.45) is 0 Å². The van der Waals surface area contributed by atoms with Gasteiger partial charge in [-0.1, -0.05) is 24.4 Å². The summed E-state index contributed by atoms with van der Waals surface area (Å²) >= 11 is 6.63. The Bertz CT molecular complexity index is 478. The maximum atomic E-state index is 11.5. The number of thiocarbonyl (C=S) groups is 1. The molecule has 0 amide bonds. The Morgan fingerprint density at radius 3 is 2.71 bits per heavy atom. The van der Waals surface area contributed by atoms with Gasteiger partial charge in [0.1, 0.15) is 4.99 Å². The SMILES string of the molecule is CSCC1(C(=O)O)Nc2ccccc2NC1=S. The molecule has 1 unspecified atom stereocenters. The number of carbonyl (C=O) groups is 1.